The molecule has 0 saturated carbocycles. The van der Waals surface area contributed by atoms with Crippen LogP contribution in [0.1, 0.15) is 17.3 Å². The van der Waals surface area contributed by atoms with Crippen LogP contribution in [0, 0.1) is 0 Å². The summed E-state index contributed by atoms with van der Waals surface area (Å²) in [6, 6.07) is 21.4. The molecular formula is C19H14ClN3O. The first-order valence-electron chi connectivity index (χ1n) is 7.58. The molecule has 0 aliphatic heterocycles. The lowest BCUT2D eigenvalue weighted by molar-refractivity contribution is 0.606. The number of halogens is 1. The summed E-state index contributed by atoms with van der Waals surface area (Å²) in [5, 5.41) is 4.00. The summed E-state index contributed by atoms with van der Waals surface area (Å²) in [6.45, 7) is 0. The van der Waals surface area contributed by atoms with E-state index in [1.807, 2.05) is 66.7 Å². The van der Waals surface area contributed by atoms with E-state index in [1.165, 1.54) is 0 Å². The van der Waals surface area contributed by atoms with E-state index in [0.29, 0.717) is 11.0 Å². The first-order valence-corrected chi connectivity index (χ1v) is 7.96. The molecular weight excluding hydrogens is 322 g/mol. The smallest absolute Gasteiger partial charge is 0.296 e. The van der Waals surface area contributed by atoms with Gasteiger partial charge in [0.2, 0.25) is 0 Å². The summed E-state index contributed by atoms with van der Waals surface area (Å²) in [5.74, 6) is 0. The van der Waals surface area contributed by atoms with Gasteiger partial charge >= 0.3 is 0 Å². The molecule has 1 atom stereocenters. The van der Waals surface area contributed by atoms with Crippen LogP contribution in [0.15, 0.2) is 77.3 Å². The highest BCUT2D eigenvalue weighted by Crippen LogP contribution is 2.28. The summed E-state index contributed by atoms with van der Waals surface area (Å²) >= 11 is 6.16. The molecule has 0 saturated heterocycles. The second kappa shape index (κ2) is 6.34. The van der Waals surface area contributed by atoms with E-state index in [9.17, 15) is 0 Å². The van der Waals surface area contributed by atoms with E-state index in [1.54, 1.807) is 6.20 Å². The van der Waals surface area contributed by atoms with Gasteiger partial charge in [0.05, 0.1) is 11.7 Å². The Morgan fingerprint density at radius 2 is 1.83 bits per heavy atom. The highest BCUT2D eigenvalue weighted by atomic mass is 35.5. The zero-order chi connectivity index (χ0) is 16.4. The topological polar surface area (TPSA) is 51.0 Å². The van der Waals surface area contributed by atoms with Gasteiger partial charge in [0.15, 0.2) is 5.58 Å². The van der Waals surface area contributed by atoms with Crippen molar-refractivity contribution in [3.8, 4) is 0 Å². The second-order valence-corrected chi connectivity index (χ2v) is 5.81. The van der Waals surface area contributed by atoms with Gasteiger partial charge in [0.25, 0.3) is 6.01 Å². The Hall–Kier alpha value is -2.85. The minimum Gasteiger partial charge on any atom is -0.424 e. The van der Waals surface area contributed by atoms with Crippen molar-refractivity contribution in [1.82, 2.24) is 9.97 Å². The van der Waals surface area contributed by atoms with Crippen LogP contribution >= 0.6 is 11.6 Å². The van der Waals surface area contributed by atoms with Gasteiger partial charge in [0, 0.05) is 11.2 Å². The largest absolute Gasteiger partial charge is 0.424 e. The highest BCUT2D eigenvalue weighted by Gasteiger charge is 2.18. The number of aromatic nitrogens is 2. The van der Waals surface area contributed by atoms with Crippen molar-refractivity contribution >= 4 is 28.7 Å². The quantitative estimate of drug-likeness (QED) is 0.565. The van der Waals surface area contributed by atoms with Crippen LogP contribution in [0.4, 0.5) is 6.01 Å². The number of nitrogens with zero attached hydrogens (tertiary/aromatic N) is 2. The standard InChI is InChI=1S/C19H14ClN3O/c20-14-7-5-6-13(12-14)18(16-9-3-4-11-21-16)23-19-22-15-8-1-2-10-17(15)24-19/h1-12,18H,(H,22,23). The fraction of sp³-hybridized carbons (Fsp3) is 0.0526. The van der Waals surface area contributed by atoms with Gasteiger partial charge in [-0.05, 0) is 42.0 Å². The van der Waals surface area contributed by atoms with Gasteiger partial charge < -0.3 is 9.73 Å². The average Bonchev–Trinajstić information content (AvgIpc) is 3.03. The van der Waals surface area contributed by atoms with Crippen molar-refractivity contribution < 1.29 is 4.42 Å². The molecule has 0 aliphatic carbocycles. The summed E-state index contributed by atoms with van der Waals surface area (Å²) in [5.41, 5.74) is 3.40. The third-order valence-corrected chi connectivity index (χ3v) is 3.96. The van der Waals surface area contributed by atoms with Crippen LogP contribution in [-0.2, 0) is 0 Å². The lowest BCUT2D eigenvalue weighted by Gasteiger charge is -2.17. The Morgan fingerprint density at radius 3 is 2.62 bits per heavy atom. The van der Waals surface area contributed by atoms with E-state index in [4.69, 9.17) is 16.0 Å². The normalized spacial score (nSPS) is 12.2. The van der Waals surface area contributed by atoms with E-state index >= 15 is 0 Å². The SMILES string of the molecule is Clc1cccc(C(Nc2nc3ccccc3o2)c2ccccn2)c1. The Kier molecular flexibility index (Phi) is 3.89. The van der Waals surface area contributed by atoms with E-state index in [-0.39, 0.29) is 6.04 Å². The van der Waals surface area contributed by atoms with Gasteiger partial charge in [-0.15, -0.1) is 0 Å². The molecule has 2 aromatic heterocycles. The number of nitrogens with one attached hydrogen (secondary N) is 1. The Balaban J connectivity index is 1.75. The molecule has 24 heavy (non-hydrogen) atoms. The molecule has 2 heterocycles. The molecule has 0 bridgehead atoms. The van der Waals surface area contributed by atoms with Crippen molar-refractivity contribution in [2.45, 2.75) is 6.04 Å². The fourth-order valence-corrected chi connectivity index (χ4v) is 2.82. The van der Waals surface area contributed by atoms with Crippen molar-refractivity contribution in [2.24, 2.45) is 0 Å². The minimum atomic E-state index is -0.210. The van der Waals surface area contributed by atoms with E-state index < -0.39 is 0 Å². The Morgan fingerprint density at radius 1 is 0.958 bits per heavy atom. The van der Waals surface area contributed by atoms with Crippen LogP contribution in [0.3, 0.4) is 0 Å². The molecule has 0 aliphatic rings. The number of pyridine rings is 1. The maximum absolute atomic E-state index is 6.16. The molecule has 2 aromatic carbocycles. The summed E-state index contributed by atoms with van der Waals surface area (Å²) < 4.78 is 5.79. The zero-order valence-electron chi connectivity index (χ0n) is 12.7. The summed E-state index contributed by atoms with van der Waals surface area (Å²) in [6.07, 6.45) is 1.76. The number of hydrogen-bond acceptors (Lipinski definition) is 4. The molecule has 0 amide bonds. The number of anilines is 1. The van der Waals surface area contributed by atoms with Crippen molar-refractivity contribution in [3.63, 3.8) is 0 Å². The molecule has 4 nitrogen and oxygen atoms in total. The molecule has 4 rings (SSSR count). The first kappa shape index (κ1) is 14.7. The second-order valence-electron chi connectivity index (χ2n) is 5.37. The molecule has 4 aromatic rings. The predicted octanol–water partition coefficient (Wildman–Crippen LogP) is 5.08. The van der Waals surface area contributed by atoms with Gasteiger partial charge in [0.1, 0.15) is 5.52 Å². The molecule has 1 unspecified atom stereocenters. The molecule has 0 spiro atoms. The number of hydrogen-bond donors (Lipinski definition) is 1. The third kappa shape index (κ3) is 2.96. The Bertz CT molecular complexity index is 935. The maximum atomic E-state index is 6.16. The van der Waals surface area contributed by atoms with Gasteiger partial charge in [-0.3, -0.25) is 4.98 Å². The fourth-order valence-electron chi connectivity index (χ4n) is 2.62. The summed E-state index contributed by atoms with van der Waals surface area (Å²) in [7, 11) is 0. The highest BCUT2D eigenvalue weighted by molar-refractivity contribution is 6.30. The van der Waals surface area contributed by atoms with Gasteiger partial charge in [-0.1, -0.05) is 41.9 Å². The number of para-hydroxylation sites is 2. The van der Waals surface area contributed by atoms with Crippen LogP contribution in [-0.4, -0.2) is 9.97 Å². The molecule has 1 N–H and O–H groups in total. The first-order chi connectivity index (χ1) is 11.8. The number of oxazole rings is 1. The van der Waals surface area contributed by atoms with Gasteiger partial charge in [-0.25, -0.2) is 0 Å². The van der Waals surface area contributed by atoms with Gasteiger partial charge in [-0.2, -0.15) is 4.98 Å². The number of rotatable bonds is 4. The summed E-state index contributed by atoms with van der Waals surface area (Å²) in [4.78, 5) is 8.95. The van der Waals surface area contributed by atoms with E-state index in [2.05, 4.69) is 15.3 Å². The van der Waals surface area contributed by atoms with E-state index in [0.717, 1.165) is 22.4 Å². The van der Waals surface area contributed by atoms with Crippen LogP contribution in [0.2, 0.25) is 5.02 Å². The molecule has 0 fully saturated rings. The minimum absolute atomic E-state index is 0.210. The monoisotopic (exact) mass is 335 g/mol. The van der Waals surface area contributed by atoms with Crippen molar-refractivity contribution in [2.75, 3.05) is 5.32 Å². The van der Waals surface area contributed by atoms with Crippen LogP contribution in [0.5, 0.6) is 0 Å². The number of fused-ring (bicyclic) bond motifs is 1. The lowest BCUT2D eigenvalue weighted by atomic mass is 10.0. The molecule has 5 heteroatoms. The van der Waals surface area contributed by atoms with Crippen LogP contribution < -0.4 is 5.32 Å². The molecule has 118 valence electrons. The number of benzene rings is 2. The average molecular weight is 336 g/mol. The maximum Gasteiger partial charge on any atom is 0.296 e. The van der Waals surface area contributed by atoms with Crippen LogP contribution in [0.25, 0.3) is 11.1 Å². The van der Waals surface area contributed by atoms with Crippen molar-refractivity contribution in [1.29, 1.82) is 0 Å². The lowest BCUT2D eigenvalue weighted by Crippen LogP contribution is -2.14. The zero-order valence-corrected chi connectivity index (χ0v) is 13.4. The third-order valence-electron chi connectivity index (χ3n) is 3.73. The molecule has 0 radical (unpaired) electrons. The Labute approximate surface area is 144 Å². The van der Waals surface area contributed by atoms with Crippen molar-refractivity contribution in [3.05, 3.63) is 89.2 Å². The predicted molar refractivity (Wildman–Crippen MR) is 95.2 cm³/mol.